The van der Waals surface area contributed by atoms with Gasteiger partial charge >= 0.3 is 0 Å². The van der Waals surface area contributed by atoms with Gasteiger partial charge in [0.05, 0.1) is 4.92 Å². The van der Waals surface area contributed by atoms with Crippen molar-refractivity contribution < 1.29 is 4.92 Å². The summed E-state index contributed by atoms with van der Waals surface area (Å²) in [5.41, 5.74) is 5.21. The maximum absolute atomic E-state index is 10.4. The molecule has 2 rings (SSSR count). The van der Waals surface area contributed by atoms with Crippen LogP contribution >= 0.6 is 0 Å². The minimum atomic E-state index is -0.446. The molecule has 2 aromatic rings. The molecule has 0 spiro atoms. The van der Waals surface area contributed by atoms with Gasteiger partial charge in [-0.05, 0) is 39.0 Å². The lowest BCUT2D eigenvalue weighted by Crippen LogP contribution is -1.98. The van der Waals surface area contributed by atoms with Crippen molar-refractivity contribution in [1.29, 1.82) is 0 Å². The molecule has 0 unspecified atom stereocenters. The van der Waals surface area contributed by atoms with E-state index < -0.39 is 4.92 Å². The second-order valence-electron chi connectivity index (χ2n) is 4.60. The third kappa shape index (κ3) is 2.73. The van der Waals surface area contributed by atoms with E-state index >= 15 is 0 Å². The van der Waals surface area contributed by atoms with Crippen LogP contribution in [-0.4, -0.2) is 9.49 Å². The number of aromatic nitrogens is 1. The first kappa shape index (κ1) is 13.1. The van der Waals surface area contributed by atoms with Gasteiger partial charge in [0, 0.05) is 28.7 Å². The van der Waals surface area contributed by atoms with E-state index in [2.05, 4.69) is 28.8 Å². The fraction of sp³-hybridized carbons (Fsp3) is 0.200. The van der Waals surface area contributed by atoms with Gasteiger partial charge in [0.15, 0.2) is 0 Å². The summed E-state index contributed by atoms with van der Waals surface area (Å²) in [7, 11) is 0. The Labute approximate surface area is 112 Å². The van der Waals surface area contributed by atoms with Crippen molar-refractivity contribution in [3.8, 4) is 5.69 Å². The standard InChI is InChI=1S/C15H16N2O2/c1-11-4-6-15(7-5-11)17-12(2)10-14(13(17)3)8-9-16(18)19/h4-10H,1-3H3/b9-8+. The molecule has 0 aliphatic heterocycles. The number of nitro groups is 1. The summed E-state index contributed by atoms with van der Waals surface area (Å²) >= 11 is 0. The largest absolute Gasteiger partial charge is 0.318 e. The van der Waals surface area contributed by atoms with E-state index in [9.17, 15) is 10.1 Å². The number of nitrogens with zero attached hydrogens (tertiary/aromatic N) is 2. The Kier molecular flexibility index (Phi) is 3.51. The van der Waals surface area contributed by atoms with Gasteiger partial charge in [-0.1, -0.05) is 17.7 Å². The zero-order valence-electron chi connectivity index (χ0n) is 11.3. The molecule has 1 heterocycles. The first-order chi connectivity index (χ1) is 8.99. The smallest absolute Gasteiger partial charge is 0.235 e. The second-order valence-corrected chi connectivity index (χ2v) is 4.60. The summed E-state index contributed by atoms with van der Waals surface area (Å²) < 4.78 is 2.10. The van der Waals surface area contributed by atoms with Crippen LogP contribution < -0.4 is 0 Å². The topological polar surface area (TPSA) is 48.1 Å². The molecule has 0 aliphatic rings. The van der Waals surface area contributed by atoms with Crippen molar-refractivity contribution in [1.82, 2.24) is 4.57 Å². The monoisotopic (exact) mass is 256 g/mol. The summed E-state index contributed by atoms with van der Waals surface area (Å²) in [6, 6.07) is 10.2. The lowest BCUT2D eigenvalue weighted by atomic mass is 10.2. The Hall–Kier alpha value is -2.36. The molecule has 19 heavy (non-hydrogen) atoms. The predicted octanol–water partition coefficient (Wildman–Crippen LogP) is 3.65. The van der Waals surface area contributed by atoms with Gasteiger partial charge in [-0.25, -0.2) is 0 Å². The minimum Gasteiger partial charge on any atom is -0.318 e. The van der Waals surface area contributed by atoms with Crippen molar-refractivity contribution in [2.45, 2.75) is 20.8 Å². The van der Waals surface area contributed by atoms with Crippen molar-refractivity contribution in [2.75, 3.05) is 0 Å². The highest BCUT2D eigenvalue weighted by Gasteiger charge is 2.09. The van der Waals surface area contributed by atoms with E-state index in [-0.39, 0.29) is 0 Å². The third-order valence-electron chi connectivity index (χ3n) is 3.14. The number of benzene rings is 1. The average molecular weight is 256 g/mol. The molecule has 0 bridgehead atoms. The molecule has 0 fully saturated rings. The second kappa shape index (κ2) is 5.10. The molecular weight excluding hydrogens is 240 g/mol. The Morgan fingerprint density at radius 2 is 1.79 bits per heavy atom. The van der Waals surface area contributed by atoms with Crippen LogP contribution in [0.4, 0.5) is 0 Å². The van der Waals surface area contributed by atoms with E-state index in [1.165, 1.54) is 11.6 Å². The highest BCUT2D eigenvalue weighted by molar-refractivity contribution is 5.55. The van der Waals surface area contributed by atoms with Crippen LogP contribution in [0.15, 0.2) is 36.5 Å². The summed E-state index contributed by atoms with van der Waals surface area (Å²) in [6.45, 7) is 6.01. The van der Waals surface area contributed by atoms with Gasteiger partial charge in [0.2, 0.25) is 6.20 Å². The fourth-order valence-corrected chi connectivity index (χ4v) is 2.19. The zero-order chi connectivity index (χ0) is 14.0. The van der Waals surface area contributed by atoms with Gasteiger partial charge in [0.1, 0.15) is 0 Å². The molecule has 1 aromatic carbocycles. The van der Waals surface area contributed by atoms with Crippen molar-refractivity contribution in [2.24, 2.45) is 0 Å². The van der Waals surface area contributed by atoms with Gasteiger partial charge in [0.25, 0.3) is 0 Å². The van der Waals surface area contributed by atoms with Gasteiger partial charge in [-0.3, -0.25) is 10.1 Å². The predicted molar refractivity (Wildman–Crippen MR) is 76.0 cm³/mol. The van der Waals surface area contributed by atoms with Crippen LogP contribution in [0, 0.1) is 30.9 Å². The number of aryl methyl sites for hydroxylation is 2. The molecule has 1 aromatic heterocycles. The molecule has 0 atom stereocenters. The summed E-state index contributed by atoms with van der Waals surface area (Å²) in [6.07, 6.45) is 2.51. The first-order valence-corrected chi connectivity index (χ1v) is 6.06. The summed E-state index contributed by atoms with van der Waals surface area (Å²) in [5.74, 6) is 0. The highest BCUT2D eigenvalue weighted by atomic mass is 16.6. The SMILES string of the molecule is Cc1ccc(-n2c(C)cc(/C=C/[N+](=O)[O-])c2C)cc1. The average Bonchev–Trinajstić information content (AvgIpc) is 2.63. The van der Waals surface area contributed by atoms with Crippen LogP contribution in [-0.2, 0) is 0 Å². The van der Waals surface area contributed by atoms with E-state index in [1.807, 2.05) is 26.8 Å². The van der Waals surface area contributed by atoms with Gasteiger partial charge in [-0.2, -0.15) is 0 Å². The van der Waals surface area contributed by atoms with Crippen LogP contribution in [0.3, 0.4) is 0 Å². The summed E-state index contributed by atoms with van der Waals surface area (Å²) in [4.78, 5) is 9.95. The molecule has 0 saturated heterocycles. The van der Waals surface area contributed by atoms with Crippen LogP contribution in [0.2, 0.25) is 0 Å². The Balaban J connectivity index is 2.47. The van der Waals surface area contributed by atoms with Crippen molar-refractivity contribution >= 4 is 6.08 Å². The Morgan fingerprint density at radius 3 is 2.37 bits per heavy atom. The number of rotatable bonds is 3. The van der Waals surface area contributed by atoms with Gasteiger partial charge in [-0.15, -0.1) is 0 Å². The number of hydrogen-bond acceptors (Lipinski definition) is 2. The Bertz CT molecular complexity index is 637. The lowest BCUT2D eigenvalue weighted by molar-refractivity contribution is -0.400. The summed E-state index contributed by atoms with van der Waals surface area (Å²) in [5, 5.41) is 10.4. The molecule has 4 heteroatoms. The minimum absolute atomic E-state index is 0.446. The molecule has 4 nitrogen and oxygen atoms in total. The third-order valence-corrected chi connectivity index (χ3v) is 3.14. The normalized spacial score (nSPS) is 11.1. The molecule has 0 saturated carbocycles. The van der Waals surface area contributed by atoms with Crippen molar-refractivity contribution in [3.63, 3.8) is 0 Å². The molecule has 0 aliphatic carbocycles. The quantitative estimate of drug-likeness (QED) is 0.621. The van der Waals surface area contributed by atoms with E-state index in [4.69, 9.17) is 0 Å². The van der Waals surface area contributed by atoms with Crippen LogP contribution in [0.25, 0.3) is 11.8 Å². The maximum Gasteiger partial charge on any atom is 0.235 e. The molecule has 0 N–H and O–H groups in total. The molecule has 0 radical (unpaired) electrons. The van der Waals surface area contributed by atoms with Crippen LogP contribution in [0.1, 0.15) is 22.5 Å². The molecular formula is C15H16N2O2. The van der Waals surface area contributed by atoms with E-state index in [0.29, 0.717) is 0 Å². The van der Waals surface area contributed by atoms with E-state index in [0.717, 1.165) is 28.8 Å². The zero-order valence-corrected chi connectivity index (χ0v) is 11.3. The van der Waals surface area contributed by atoms with Crippen LogP contribution in [0.5, 0.6) is 0 Å². The number of hydrogen-bond donors (Lipinski definition) is 0. The highest BCUT2D eigenvalue weighted by Crippen LogP contribution is 2.22. The Morgan fingerprint density at radius 1 is 1.16 bits per heavy atom. The molecule has 0 amide bonds. The first-order valence-electron chi connectivity index (χ1n) is 6.06. The molecule has 98 valence electrons. The van der Waals surface area contributed by atoms with E-state index in [1.54, 1.807) is 0 Å². The lowest BCUT2D eigenvalue weighted by Gasteiger charge is -2.09. The van der Waals surface area contributed by atoms with Gasteiger partial charge < -0.3 is 4.57 Å². The fourth-order valence-electron chi connectivity index (χ4n) is 2.19. The van der Waals surface area contributed by atoms with Crippen molar-refractivity contribution in [3.05, 3.63) is 69.2 Å². The maximum atomic E-state index is 10.4.